The molecule has 3 aromatic rings. The fourth-order valence-electron chi connectivity index (χ4n) is 3.75. The van der Waals surface area contributed by atoms with Crippen LogP contribution >= 0.6 is 11.3 Å². The summed E-state index contributed by atoms with van der Waals surface area (Å²) in [6, 6.07) is 17.0. The summed E-state index contributed by atoms with van der Waals surface area (Å²) in [5.74, 6) is 0. The highest BCUT2D eigenvalue weighted by Gasteiger charge is 2.14. The molecule has 1 saturated heterocycles. The molecular formula is C22H23N3S. The number of hydrogen-bond acceptors (Lipinski definition) is 4. The summed E-state index contributed by atoms with van der Waals surface area (Å²) in [5.41, 5.74) is 4.56. The Balaban J connectivity index is 1.61. The lowest BCUT2D eigenvalue weighted by Crippen LogP contribution is -2.18. The van der Waals surface area contributed by atoms with E-state index in [0.29, 0.717) is 0 Å². The van der Waals surface area contributed by atoms with Crippen LogP contribution in [0.2, 0.25) is 0 Å². The van der Waals surface area contributed by atoms with Crippen molar-refractivity contribution in [3.8, 4) is 6.07 Å². The molecule has 3 nitrogen and oxygen atoms in total. The standard InChI is InChI=1S/C22H23N3S/c1-2-19-20-9-8-16(14-23)13-21(20)26-22(19)24-18-7-5-6-17(12-18)15-25-10-3-4-11-25/h5-9,12-13,24H,2-4,10-11,15H2,1H3. The molecule has 1 N–H and O–H groups in total. The van der Waals surface area contributed by atoms with Gasteiger partial charge in [0.2, 0.25) is 0 Å². The molecule has 0 bridgehead atoms. The molecule has 0 radical (unpaired) electrons. The van der Waals surface area contributed by atoms with E-state index in [1.807, 2.05) is 12.1 Å². The lowest BCUT2D eigenvalue weighted by atomic mass is 10.1. The summed E-state index contributed by atoms with van der Waals surface area (Å²) in [7, 11) is 0. The van der Waals surface area contributed by atoms with Crippen LogP contribution < -0.4 is 5.32 Å². The molecule has 0 unspecified atom stereocenters. The summed E-state index contributed by atoms with van der Waals surface area (Å²) >= 11 is 1.74. The molecule has 0 atom stereocenters. The van der Waals surface area contributed by atoms with Crippen molar-refractivity contribution in [3.63, 3.8) is 0 Å². The Morgan fingerprint density at radius 3 is 2.77 bits per heavy atom. The van der Waals surface area contributed by atoms with Crippen LogP contribution in [0.25, 0.3) is 10.1 Å². The van der Waals surface area contributed by atoms with Gasteiger partial charge in [-0.25, -0.2) is 0 Å². The van der Waals surface area contributed by atoms with Gasteiger partial charge in [0.05, 0.1) is 16.6 Å². The van der Waals surface area contributed by atoms with E-state index in [1.165, 1.54) is 52.1 Å². The molecule has 2 heterocycles. The predicted molar refractivity (Wildman–Crippen MR) is 110 cm³/mol. The normalized spacial score (nSPS) is 14.6. The van der Waals surface area contributed by atoms with E-state index in [1.54, 1.807) is 11.3 Å². The SMILES string of the molecule is CCc1c(Nc2cccc(CN3CCCC3)c2)sc2cc(C#N)ccc12. The van der Waals surface area contributed by atoms with Gasteiger partial charge < -0.3 is 5.32 Å². The zero-order chi connectivity index (χ0) is 17.9. The van der Waals surface area contributed by atoms with Crippen molar-refractivity contribution < 1.29 is 0 Å². The summed E-state index contributed by atoms with van der Waals surface area (Å²) in [6.07, 6.45) is 3.62. The molecular weight excluding hydrogens is 338 g/mol. The Morgan fingerprint density at radius 1 is 1.15 bits per heavy atom. The largest absolute Gasteiger partial charge is 0.347 e. The second-order valence-electron chi connectivity index (χ2n) is 6.89. The first kappa shape index (κ1) is 17.1. The number of likely N-dealkylation sites (tertiary alicyclic amines) is 1. The van der Waals surface area contributed by atoms with Crippen LogP contribution in [0.1, 0.15) is 36.5 Å². The molecule has 0 saturated carbocycles. The van der Waals surface area contributed by atoms with Crippen LogP contribution in [0.4, 0.5) is 10.7 Å². The molecule has 0 amide bonds. The van der Waals surface area contributed by atoms with Crippen LogP contribution in [0, 0.1) is 11.3 Å². The van der Waals surface area contributed by atoms with Crippen molar-refractivity contribution in [1.29, 1.82) is 5.26 Å². The second-order valence-corrected chi connectivity index (χ2v) is 7.95. The summed E-state index contributed by atoms with van der Waals surface area (Å²) < 4.78 is 1.18. The van der Waals surface area contributed by atoms with Gasteiger partial charge in [-0.3, -0.25) is 4.90 Å². The monoisotopic (exact) mass is 361 g/mol. The van der Waals surface area contributed by atoms with Crippen LogP contribution in [0.15, 0.2) is 42.5 Å². The first-order chi connectivity index (χ1) is 12.8. The van der Waals surface area contributed by atoms with Crippen molar-refractivity contribution in [1.82, 2.24) is 4.90 Å². The number of benzene rings is 2. The lowest BCUT2D eigenvalue weighted by molar-refractivity contribution is 0.331. The minimum Gasteiger partial charge on any atom is -0.347 e. The highest BCUT2D eigenvalue weighted by molar-refractivity contribution is 7.23. The maximum absolute atomic E-state index is 9.15. The van der Waals surface area contributed by atoms with Crippen LogP contribution in [0.3, 0.4) is 0 Å². The Bertz CT molecular complexity index is 961. The van der Waals surface area contributed by atoms with E-state index >= 15 is 0 Å². The maximum atomic E-state index is 9.15. The molecule has 132 valence electrons. The molecule has 1 aromatic heterocycles. The fraction of sp³-hybridized carbons (Fsp3) is 0.318. The Morgan fingerprint density at radius 2 is 2.00 bits per heavy atom. The number of nitriles is 1. The smallest absolute Gasteiger partial charge is 0.0992 e. The third-order valence-electron chi connectivity index (χ3n) is 5.07. The Kier molecular flexibility index (Phi) is 4.92. The molecule has 0 aliphatic carbocycles. The summed E-state index contributed by atoms with van der Waals surface area (Å²) in [6.45, 7) is 5.66. The van der Waals surface area contributed by atoms with Crippen LogP contribution in [0.5, 0.6) is 0 Å². The van der Waals surface area contributed by atoms with Crippen LogP contribution in [-0.2, 0) is 13.0 Å². The number of nitrogens with zero attached hydrogens (tertiary/aromatic N) is 2. The lowest BCUT2D eigenvalue weighted by Gasteiger charge is -2.15. The zero-order valence-electron chi connectivity index (χ0n) is 15.1. The van der Waals surface area contributed by atoms with Gasteiger partial charge in [-0.1, -0.05) is 25.1 Å². The summed E-state index contributed by atoms with van der Waals surface area (Å²) in [5, 5.41) is 15.2. The molecule has 1 aliphatic rings. The molecule has 1 aliphatic heterocycles. The molecule has 26 heavy (non-hydrogen) atoms. The summed E-state index contributed by atoms with van der Waals surface area (Å²) in [4.78, 5) is 2.53. The third kappa shape index (κ3) is 3.46. The van der Waals surface area contributed by atoms with E-state index < -0.39 is 0 Å². The number of anilines is 2. The van der Waals surface area contributed by atoms with Crippen molar-refractivity contribution >= 4 is 32.1 Å². The number of fused-ring (bicyclic) bond motifs is 1. The van der Waals surface area contributed by atoms with E-state index in [0.717, 1.165) is 24.2 Å². The van der Waals surface area contributed by atoms with E-state index in [4.69, 9.17) is 5.26 Å². The topological polar surface area (TPSA) is 39.1 Å². The van der Waals surface area contributed by atoms with Gasteiger partial charge in [-0.05, 0) is 73.1 Å². The number of thiophene rings is 1. The number of hydrogen-bond donors (Lipinski definition) is 1. The van der Waals surface area contributed by atoms with Gasteiger partial charge in [0.1, 0.15) is 0 Å². The molecule has 1 fully saturated rings. The van der Waals surface area contributed by atoms with Gasteiger partial charge >= 0.3 is 0 Å². The van der Waals surface area contributed by atoms with Gasteiger partial charge in [-0.2, -0.15) is 5.26 Å². The predicted octanol–water partition coefficient (Wildman–Crippen LogP) is 5.67. The van der Waals surface area contributed by atoms with Gasteiger partial charge in [0.15, 0.2) is 0 Å². The Hall–Kier alpha value is -2.35. The fourth-order valence-corrected chi connectivity index (χ4v) is 5.00. The van der Waals surface area contributed by atoms with Gasteiger partial charge in [0.25, 0.3) is 0 Å². The highest BCUT2D eigenvalue weighted by Crippen LogP contribution is 2.38. The molecule has 2 aromatic carbocycles. The quantitative estimate of drug-likeness (QED) is 0.636. The van der Waals surface area contributed by atoms with Gasteiger partial charge in [0, 0.05) is 16.9 Å². The number of aryl methyl sites for hydroxylation is 1. The minimum atomic E-state index is 0.723. The first-order valence-electron chi connectivity index (χ1n) is 9.30. The minimum absolute atomic E-state index is 0.723. The molecule has 0 spiro atoms. The number of rotatable bonds is 5. The number of nitrogens with one attached hydrogen (secondary N) is 1. The van der Waals surface area contributed by atoms with Crippen LogP contribution in [-0.4, -0.2) is 18.0 Å². The Labute approximate surface area is 158 Å². The highest BCUT2D eigenvalue weighted by atomic mass is 32.1. The van der Waals surface area contributed by atoms with Crippen molar-refractivity contribution in [2.75, 3.05) is 18.4 Å². The van der Waals surface area contributed by atoms with E-state index in [9.17, 15) is 0 Å². The van der Waals surface area contributed by atoms with E-state index in [-0.39, 0.29) is 0 Å². The average molecular weight is 362 g/mol. The van der Waals surface area contributed by atoms with Crippen molar-refractivity contribution in [3.05, 3.63) is 59.2 Å². The van der Waals surface area contributed by atoms with Gasteiger partial charge in [-0.15, -0.1) is 11.3 Å². The van der Waals surface area contributed by atoms with Crippen molar-refractivity contribution in [2.24, 2.45) is 0 Å². The average Bonchev–Trinajstić information content (AvgIpc) is 3.28. The zero-order valence-corrected chi connectivity index (χ0v) is 15.9. The van der Waals surface area contributed by atoms with E-state index in [2.05, 4.69) is 53.5 Å². The molecule has 4 heteroatoms. The first-order valence-corrected chi connectivity index (χ1v) is 10.1. The van der Waals surface area contributed by atoms with Crippen molar-refractivity contribution in [2.45, 2.75) is 32.7 Å². The third-order valence-corrected chi connectivity index (χ3v) is 6.18. The second kappa shape index (κ2) is 7.49. The maximum Gasteiger partial charge on any atom is 0.0992 e. The molecule has 4 rings (SSSR count).